The molecule has 0 aliphatic carbocycles. The Morgan fingerprint density at radius 2 is 1.81 bits per heavy atom. The largest absolute Gasteiger partial charge is 0.496 e. The van der Waals surface area contributed by atoms with Crippen LogP contribution in [-0.2, 0) is 9.47 Å². The molecule has 0 bridgehead atoms. The quantitative estimate of drug-likeness (QED) is 0.275. The number of fused-ring (bicyclic) bond motifs is 1. The summed E-state index contributed by atoms with van der Waals surface area (Å²) < 4.78 is 21.7. The summed E-state index contributed by atoms with van der Waals surface area (Å²) in [5.41, 5.74) is -1.83. The Labute approximate surface area is 183 Å². The van der Waals surface area contributed by atoms with Crippen molar-refractivity contribution >= 4 is 11.0 Å². The van der Waals surface area contributed by atoms with Crippen LogP contribution in [0.2, 0.25) is 0 Å². The smallest absolute Gasteiger partial charge is 0.336 e. The van der Waals surface area contributed by atoms with Crippen LogP contribution >= 0.6 is 0 Å². The van der Waals surface area contributed by atoms with Crippen molar-refractivity contribution in [3.05, 3.63) is 40.2 Å². The van der Waals surface area contributed by atoms with E-state index in [2.05, 4.69) is 0 Å². The fourth-order valence-electron chi connectivity index (χ4n) is 3.53. The maximum atomic E-state index is 11.5. The second-order valence-corrected chi connectivity index (χ2v) is 8.24. The van der Waals surface area contributed by atoms with Crippen LogP contribution in [0.25, 0.3) is 11.0 Å². The molecule has 2 aromatic rings. The minimum atomic E-state index is -1.73. The molecule has 0 spiro atoms. The normalized spacial score (nSPS) is 28.5. The molecule has 1 aliphatic heterocycles. The molecule has 3 rings (SSSR count). The zero-order chi connectivity index (χ0) is 23.8. The molecule has 32 heavy (non-hydrogen) atoms. The van der Waals surface area contributed by atoms with Crippen molar-refractivity contribution in [1.82, 2.24) is 0 Å². The zero-order valence-electron chi connectivity index (χ0n) is 17.8. The van der Waals surface area contributed by atoms with E-state index in [0.29, 0.717) is 5.39 Å². The molecule has 6 N–H and O–H groups in total. The summed E-state index contributed by atoms with van der Waals surface area (Å²) in [6.07, 6.45) is -10.8. The van der Waals surface area contributed by atoms with Gasteiger partial charge in [0.05, 0.1) is 19.3 Å². The highest BCUT2D eigenvalue weighted by molar-refractivity contribution is 5.79. The van der Waals surface area contributed by atoms with Gasteiger partial charge >= 0.3 is 5.63 Å². The van der Waals surface area contributed by atoms with E-state index < -0.39 is 60.7 Å². The molecule has 0 saturated carbocycles. The van der Waals surface area contributed by atoms with Gasteiger partial charge in [-0.1, -0.05) is 0 Å². The molecule has 1 aliphatic rings. The summed E-state index contributed by atoms with van der Waals surface area (Å²) in [4.78, 5) is 11.5. The Morgan fingerprint density at radius 1 is 1.12 bits per heavy atom. The van der Waals surface area contributed by atoms with Crippen LogP contribution in [-0.4, -0.2) is 86.8 Å². The Kier molecular flexibility index (Phi) is 7.22. The van der Waals surface area contributed by atoms with Crippen molar-refractivity contribution in [1.29, 1.82) is 0 Å². The highest BCUT2D eigenvalue weighted by Gasteiger charge is 2.47. The van der Waals surface area contributed by atoms with Gasteiger partial charge in [-0.3, -0.25) is 0 Å². The molecule has 0 radical (unpaired) electrons. The van der Waals surface area contributed by atoms with E-state index in [1.165, 1.54) is 45.2 Å². The van der Waals surface area contributed by atoms with Gasteiger partial charge in [-0.25, -0.2) is 4.79 Å². The maximum Gasteiger partial charge on any atom is 0.336 e. The van der Waals surface area contributed by atoms with E-state index in [0.717, 1.165) is 0 Å². The Hall–Kier alpha value is -2.09. The highest BCUT2D eigenvalue weighted by Crippen LogP contribution is 2.38. The van der Waals surface area contributed by atoms with Crippen LogP contribution in [0.3, 0.4) is 0 Å². The van der Waals surface area contributed by atoms with Crippen molar-refractivity contribution in [2.45, 2.75) is 62.4 Å². The molecule has 1 aromatic heterocycles. The van der Waals surface area contributed by atoms with Gasteiger partial charge in [0, 0.05) is 23.1 Å². The third kappa shape index (κ3) is 4.80. The predicted molar refractivity (Wildman–Crippen MR) is 109 cm³/mol. The summed E-state index contributed by atoms with van der Waals surface area (Å²) in [5, 5.41) is 61.7. The topological polar surface area (TPSA) is 179 Å². The lowest BCUT2D eigenvalue weighted by Crippen LogP contribution is -2.60. The number of ether oxygens (including phenoxy) is 3. The average Bonchev–Trinajstić information content (AvgIpc) is 2.75. The van der Waals surface area contributed by atoms with Gasteiger partial charge in [-0.2, -0.15) is 0 Å². The molecule has 11 nitrogen and oxygen atoms in total. The number of methoxy groups -OCH3 is 1. The van der Waals surface area contributed by atoms with Crippen molar-refractivity contribution in [2.75, 3.05) is 13.7 Å². The molecule has 1 aromatic carbocycles. The summed E-state index contributed by atoms with van der Waals surface area (Å²) in [7, 11) is 1.34. The van der Waals surface area contributed by atoms with E-state index in [9.17, 15) is 35.4 Å². The van der Waals surface area contributed by atoms with Crippen molar-refractivity contribution in [3.8, 4) is 5.75 Å². The van der Waals surface area contributed by atoms with Gasteiger partial charge < -0.3 is 49.3 Å². The Balaban J connectivity index is 2.07. The minimum absolute atomic E-state index is 0.143. The molecular weight excluding hydrogens is 428 g/mol. The first-order valence-corrected chi connectivity index (χ1v) is 9.96. The molecule has 0 amide bonds. The lowest BCUT2D eigenvalue weighted by Gasteiger charge is -2.42. The van der Waals surface area contributed by atoms with E-state index in [1.54, 1.807) is 0 Å². The minimum Gasteiger partial charge on any atom is -0.496 e. The van der Waals surface area contributed by atoms with Gasteiger partial charge in [0.15, 0.2) is 6.29 Å². The highest BCUT2D eigenvalue weighted by atomic mass is 16.7. The molecule has 1 fully saturated rings. The van der Waals surface area contributed by atoms with E-state index in [4.69, 9.17) is 18.6 Å². The molecular formula is C21H28O11. The maximum absolute atomic E-state index is 11.5. The molecule has 2 unspecified atom stereocenters. The first kappa shape index (κ1) is 24.6. The van der Waals surface area contributed by atoms with Crippen LogP contribution in [0.5, 0.6) is 5.75 Å². The number of hydrogen-bond donors (Lipinski definition) is 6. The Morgan fingerprint density at radius 3 is 2.41 bits per heavy atom. The second-order valence-electron chi connectivity index (χ2n) is 8.24. The standard InChI is InChI=1S/C21H28O11/c1-21(2,28)19(27)18(32-20-17(26)16(25)15(24)13(8-22)31-20)10-6-9-4-5-14(23)30-11(9)7-12(10)29-3/h4-7,13,15-20,22,24-28H,8H2,1-3H3/t13-,15-,16+,17-,18?,19?,20+/m1/s1. The number of benzene rings is 1. The Bertz CT molecular complexity index is 980. The van der Waals surface area contributed by atoms with E-state index in [1.807, 2.05) is 0 Å². The monoisotopic (exact) mass is 456 g/mol. The molecule has 2 heterocycles. The summed E-state index contributed by atoms with van der Waals surface area (Å²) in [6.45, 7) is 2.02. The SMILES string of the molecule is COc1cc2oc(=O)ccc2cc1C(O[C@@H]1O[C@H](CO)[C@@H](O)[C@H](O)[C@H]1O)C(O)C(C)(C)O. The van der Waals surface area contributed by atoms with Crippen LogP contribution in [0.1, 0.15) is 25.5 Å². The summed E-state index contributed by atoms with van der Waals surface area (Å²) >= 11 is 0. The molecule has 7 atom stereocenters. The van der Waals surface area contributed by atoms with Crippen LogP contribution in [0, 0.1) is 0 Å². The zero-order valence-corrected chi connectivity index (χ0v) is 17.8. The first-order chi connectivity index (χ1) is 15.0. The van der Waals surface area contributed by atoms with E-state index in [-0.39, 0.29) is 16.9 Å². The van der Waals surface area contributed by atoms with Gasteiger partial charge in [0.1, 0.15) is 48.0 Å². The lowest BCUT2D eigenvalue weighted by atomic mass is 9.91. The number of hydrogen-bond acceptors (Lipinski definition) is 11. The lowest BCUT2D eigenvalue weighted by molar-refractivity contribution is -0.322. The first-order valence-electron chi connectivity index (χ1n) is 9.96. The van der Waals surface area contributed by atoms with Crippen LogP contribution in [0.15, 0.2) is 33.5 Å². The third-order valence-electron chi connectivity index (χ3n) is 5.42. The van der Waals surface area contributed by atoms with Gasteiger partial charge in [0.2, 0.25) is 0 Å². The average molecular weight is 456 g/mol. The number of aliphatic hydroxyl groups is 6. The van der Waals surface area contributed by atoms with Gasteiger partial charge in [0.25, 0.3) is 0 Å². The van der Waals surface area contributed by atoms with Gasteiger partial charge in [-0.05, 0) is 26.0 Å². The van der Waals surface area contributed by atoms with Gasteiger partial charge in [-0.15, -0.1) is 0 Å². The summed E-state index contributed by atoms with van der Waals surface area (Å²) in [5.74, 6) is 0.143. The fourth-order valence-corrected chi connectivity index (χ4v) is 3.53. The second kappa shape index (κ2) is 9.41. The van der Waals surface area contributed by atoms with Crippen molar-refractivity contribution < 1.29 is 49.3 Å². The molecule has 1 saturated heterocycles. The molecule has 178 valence electrons. The van der Waals surface area contributed by atoms with Crippen LogP contribution < -0.4 is 10.4 Å². The summed E-state index contributed by atoms with van der Waals surface area (Å²) in [6, 6.07) is 5.62. The predicted octanol–water partition coefficient (Wildman–Crippen LogP) is -1.21. The third-order valence-corrected chi connectivity index (χ3v) is 5.42. The fraction of sp³-hybridized carbons (Fsp3) is 0.571. The van der Waals surface area contributed by atoms with Crippen LogP contribution in [0.4, 0.5) is 0 Å². The number of rotatable bonds is 7. The van der Waals surface area contributed by atoms with Crippen molar-refractivity contribution in [2.24, 2.45) is 0 Å². The molecule has 11 heteroatoms. The van der Waals surface area contributed by atoms with E-state index >= 15 is 0 Å². The van der Waals surface area contributed by atoms with Crippen molar-refractivity contribution in [3.63, 3.8) is 0 Å². The number of aliphatic hydroxyl groups excluding tert-OH is 5.